The maximum atomic E-state index is 12.2. The average Bonchev–Trinajstić information content (AvgIpc) is 2.66. The summed E-state index contributed by atoms with van der Waals surface area (Å²) in [5, 5.41) is 0. The van der Waals surface area contributed by atoms with Gasteiger partial charge in [-0.1, -0.05) is 0 Å². The molecule has 0 N–H and O–H groups in total. The van der Waals surface area contributed by atoms with E-state index in [0.29, 0.717) is 36.5 Å². The third-order valence-corrected chi connectivity index (χ3v) is 3.21. The summed E-state index contributed by atoms with van der Waals surface area (Å²) in [5.74, 6) is 0.512. The van der Waals surface area contributed by atoms with Crippen molar-refractivity contribution in [1.82, 2.24) is 9.47 Å². The Bertz CT molecular complexity index is 453. The van der Waals surface area contributed by atoms with Crippen molar-refractivity contribution in [1.29, 1.82) is 0 Å². The zero-order chi connectivity index (χ0) is 12.4. The molecule has 0 spiro atoms. The van der Waals surface area contributed by atoms with Crippen molar-refractivity contribution in [2.75, 3.05) is 19.0 Å². The second-order valence-electron chi connectivity index (χ2n) is 4.26. The summed E-state index contributed by atoms with van der Waals surface area (Å²) in [7, 11) is 1.82. The Morgan fingerprint density at radius 1 is 1.29 bits per heavy atom. The zero-order valence-corrected chi connectivity index (χ0v) is 10.5. The minimum Gasteiger partial charge on any atom is -0.356 e. The van der Waals surface area contributed by atoms with Gasteiger partial charge in [0.25, 0.3) is 5.91 Å². The minimum absolute atomic E-state index is 0.0438. The fraction of sp³-hybridized carbons (Fsp3) is 0.500. The number of hydrogen-bond acceptors (Lipinski definition) is 2. The Morgan fingerprint density at radius 3 is 2.71 bits per heavy atom. The first-order chi connectivity index (χ1) is 8.13. The van der Waals surface area contributed by atoms with Crippen LogP contribution >= 0.6 is 11.6 Å². The Balaban J connectivity index is 2.29. The molecule has 0 bridgehead atoms. The van der Waals surface area contributed by atoms with E-state index in [1.165, 1.54) is 0 Å². The van der Waals surface area contributed by atoms with Crippen LogP contribution in [-0.4, -0.2) is 40.1 Å². The molecular formula is C12H15ClN2O2. The summed E-state index contributed by atoms with van der Waals surface area (Å²) in [6.45, 7) is 1.11. The molecule has 2 rings (SSSR count). The number of nitrogens with zero attached hydrogens (tertiary/aromatic N) is 2. The predicted octanol–water partition coefficient (Wildman–Crippen LogP) is 1.68. The quantitative estimate of drug-likeness (QED) is 0.771. The van der Waals surface area contributed by atoms with Crippen LogP contribution < -0.4 is 0 Å². The van der Waals surface area contributed by atoms with Gasteiger partial charge in [-0.15, -0.1) is 11.6 Å². The highest BCUT2D eigenvalue weighted by molar-refractivity contribution is 6.17. The van der Waals surface area contributed by atoms with Crippen LogP contribution in [0.2, 0.25) is 0 Å². The number of ketones is 1. The number of rotatable bonds is 3. The van der Waals surface area contributed by atoms with Crippen LogP contribution in [0.1, 0.15) is 33.6 Å². The Kier molecular flexibility index (Phi) is 3.52. The molecule has 2 heterocycles. The molecule has 1 amide bonds. The van der Waals surface area contributed by atoms with Crippen molar-refractivity contribution < 1.29 is 9.59 Å². The highest BCUT2D eigenvalue weighted by atomic mass is 35.5. The van der Waals surface area contributed by atoms with E-state index in [0.717, 1.165) is 6.42 Å². The zero-order valence-electron chi connectivity index (χ0n) is 9.78. The van der Waals surface area contributed by atoms with Gasteiger partial charge in [0.2, 0.25) is 0 Å². The number of carbonyl (C=O) groups is 2. The molecule has 0 saturated heterocycles. The summed E-state index contributed by atoms with van der Waals surface area (Å²) < 4.78 is 1.76. The monoisotopic (exact) mass is 254 g/mol. The molecule has 1 aromatic rings. The summed E-state index contributed by atoms with van der Waals surface area (Å²) in [4.78, 5) is 25.8. The summed E-state index contributed by atoms with van der Waals surface area (Å²) in [6, 6.07) is 0. The van der Waals surface area contributed by atoms with Crippen molar-refractivity contribution in [3.8, 4) is 0 Å². The number of aromatic nitrogens is 1. The Morgan fingerprint density at radius 2 is 2.00 bits per heavy atom. The molecule has 1 aromatic heterocycles. The molecule has 0 aromatic carbocycles. The number of Topliss-reactive ketones (excluding diaryl/α,β-unsaturated/α-hetero) is 1. The molecule has 0 atom stereocenters. The van der Waals surface area contributed by atoms with Gasteiger partial charge < -0.3 is 9.47 Å². The van der Waals surface area contributed by atoms with Gasteiger partial charge in [-0.2, -0.15) is 0 Å². The van der Waals surface area contributed by atoms with Crippen molar-refractivity contribution >= 4 is 23.3 Å². The highest BCUT2D eigenvalue weighted by Crippen LogP contribution is 2.19. The van der Waals surface area contributed by atoms with Gasteiger partial charge >= 0.3 is 0 Å². The number of alkyl halides is 1. The fourth-order valence-electron chi connectivity index (χ4n) is 2.08. The average molecular weight is 255 g/mol. The predicted molar refractivity (Wildman–Crippen MR) is 65.6 cm³/mol. The summed E-state index contributed by atoms with van der Waals surface area (Å²) in [6.07, 6.45) is 4.59. The van der Waals surface area contributed by atoms with E-state index in [4.69, 9.17) is 11.6 Å². The van der Waals surface area contributed by atoms with E-state index in [9.17, 15) is 9.59 Å². The van der Waals surface area contributed by atoms with E-state index in [2.05, 4.69) is 0 Å². The SMILES string of the molecule is Cn1cc2c(c1)C(=O)N(CCCCl)CCC2=O. The van der Waals surface area contributed by atoms with Crippen molar-refractivity contribution in [3.63, 3.8) is 0 Å². The minimum atomic E-state index is -0.0587. The second-order valence-corrected chi connectivity index (χ2v) is 4.64. The van der Waals surface area contributed by atoms with E-state index in [1.54, 1.807) is 21.9 Å². The second kappa shape index (κ2) is 4.92. The number of aryl methyl sites for hydroxylation is 1. The molecule has 0 radical (unpaired) electrons. The van der Waals surface area contributed by atoms with Crippen molar-refractivity contribution in [2.45, 2.75) is 12.8 Å². The lowest BCUT2D eigenvalue weighted by atomic mass is 10.1. The van der Waals surface area contributed by atoms with Gasteiger partial charge in [-0.3, -0.25) is 9.59 Å². The van der Waals surface area contributed by atoms with Crippen LogP contribution in [-0.2, 0) is 7.05 Å². The molecule has 1 aliphatic rings. The summed E-state index contributed by atoms with van der Waals surface area (Å²) >= 11 is 5.63. The van der Waals surface area contributed by atoms with Crippen LogP contribution in [0.3, 0.4) is 0 Å². The molecule has 0 fully saturated rings. The molecule has 5 heteroatoms. The normalized spacial score (nSPS) is 16.0. The van der Waals surface area contributed by atoms with E-state index < -0.39 is 0 Å². The Labute approximate surface area is 105 Å². The maximum absolute atomic E-state index is 12.2. The maximum Gasteiger partial charge on any atom is 0.256 e. The lowest BCUT2D eigenvalue weighted by Crippen LogP contribution is -2.32. The van der Waals surface area contributed by atoms with Crippen molar-refractivity contribution in [2.24, 2.45) is 7.05 Å². The Hall–Kier alpha value is -1.29. The lowest BCUT2D eigenvalue weighted by molar-refractivity contribution is 0.0758. The van der Waals surface area contributed by atoms with Gasteiger partial charge in [0, 0.05) is 50.4 Å². The number of hydrogen-bond donors (Lipinski definition) is 0. The largest absolute Gasteiger partial charge is 0.356 e. The van der Waals surface area contributed by atoms with E-state index in [-0.39, 0.29) is 11.7 Å². The van der Waals surface area contributed by atoms with Crippen LogP contribution in [0.5, 0.6) is 0 Å². The van der Waals surface area contributed by atoms with Gasteiger partial charge in [-0.25, -0.2) is 0 Å². The lowest BCUT2D eigenvalue weighted by Gasteiger charge is -2.19. The standard InChI is InChI=1S/C12H15ClN2O2/c1-14-7-9-10(8-14)12(17)15(5-2-4-13)6-3-11(9)16/h7-8H,2-6H2,1H3. The molecule has 0 unspecified atom stereocenters. The van der Waals surface area contributed by atoms with Crippen LogP contribution in [0.4, 0.5) is 0 Å². The first kappa shape index (κ1) is 12.2. The van der Waals surface area contributed by atoms with E-state index >= 15 is 0 Å². The third kappa shape index (κ3) is 2.36. The van der Waals surface area contributed by atoms with Gasteiger partial charge in [0.15, 0.2) is 5.78 Å². The molecule has 0 aliphatic carbocycles. The van der Waals surface area contributed by atoms with Crippen molar-refractivity contribution in [3.05, 3.63) is 23.5 Å². The van der Waals surface area contributed by atoms with Gasteiger partial charge in [-0.05, 0) is 6.42 Å². The third-order valence-electron chi connectivity index (χ3n) is 2.94. The molecule has 4 nitrogen and oxygen atoms in total. The molecule has 92 valence electrons. The first-order valence-corrected chi connectivity index (χ1v) is 6.21. The van der Waals surface area contributed by atoms with Crippen LogP contribution in [0.15, 0.2) is 12.4 Å². The molecule has 0 saturated carbocycles. The fourth-order valence-corrected chi connectivity index (χ4v) is 2.20. The number of fused-ring (bicyclic) bond motifs is 1. The van der Waals surface area contributed by atoms with Crippen LogP contribution in [0, 0.1) is 0 Å². The topological polar surface area (TPSA) is 42.3 Å². The molecular weight excluding hydrogens is 240 g/mol. The van der Waals surface area contributed by atoms with Crippen LogP contribution in [0.25, 0.3) is 0 Å². The van der Waals surface area contributed by atoms with Gasteiger partial charge in [0.1, 0.15) is 0 Å². The first-order valence-electron chi connectivity index (χ1n) is 5.68. The number of halogens is 1. The molecule has 17 heavy (non-hydrogen) atoms. The van der Waals surface area contributed by atoms with Gasteiger partial charge in [0.05, 0.1) is 5.56 Å². The molecule has 1 aliphatic heterocycles. The number of amides is 1. The highest BCUT2D eigenvalue weighted by Gasteiger charge is 2.27. The number of carbonyl (C=O) groups excluding carboxylic acids is 2. The smallest absolute Gasteiger partial charge is 0.256 e. The summed E-state index contributed by atoms with van der Waals surface area (Å²) in [5.41, 5.74) is 1.07. The van der Waals surface area contributed by atoms with E-state index in [1.807, 2.05) is 7.05 Å².